The van der Waals surface area contributed by atoms with Crippen molar-refractivity contribution in [3.63, 3.8) is 0 Å². The van der Waals surface area contributed by atoms with E-state index in [9.17, 15) is 0 Å². The summed E-state index contributed by atoms with van der Waals surface area (Å²) < 4.78 is 5.16. The van der Waals surface area contributed by atoms with E-state index in [2.05, 4.69) is 37.5 Å². The first-order valence-electron chi connectivity index (χ1n) is 8.66. The van der Waals surface area contributed by atoms with Gasteiger partial charge in [-0.05, 0) is 38.8 Å². The Morgan fingerprint density at radius 1 is 1.48 bits per heavy atom. The minimum atomic E-state index is 0. The van der Waals surface area contributed by atoms with Gasteiger partial charge < -0.3 is 19.9 Å². The summed E-state index contributed by atoms with van der Waals surface area (Å²) in [6.45, 7) is 8.04. The molecular formula is C17H32IN5OS. The first-order chi connectivity index (χ1) is 11.6. The number of aromatic nitrogens is 1. The molecule has 1 aromatic rings. The van der Waals surface area contributed by atoms with Crippen molar-refractivity contribution in [1.29, 1.82) is 0 Å². The quantitative estimate of drug-likeness (QED) is 0.369. The molecule has 1 N–H and O–H groups in total. The number of hydrogen-bond acceptors (Lipinski definition) is 5. The smallest absolute Gasteiger partial charge is 0.193 e. The average molecular weight is 481 g/mol. The highest BCUT2D eigenvalue weighted by molar-refractivity contribution is 14.0. The van der Waals surface area contributed by atoms with Gasteiger partial charge in [-0.15, -0.1) is 35.3 Å². The third-order valence-corrected chi connectivity index (χ3v) is 5.33. The summed E-state index contributed by atoms with van der Waals surface area (Å²) in [6, 6.07) is 0. The molecule has 1 aliphatic rings. The van der Waals surface area contributed by atoms with E-state index < -0.39 is 0 Å². The lowest BCUT2D eigenvalue weighted by molar-refractivity contribution is 0.120. The van der Waals surface area contributed by atoms with Crippen LogP contribution in [-0.4, -0.2) is 74.7 Å². The molecule has 0 atom stereocenters. The molecule has 2 heterocycles. The minimum Gasteiger partial charge on any atom is -0.383 e. The number of nitrogens with one attached hydrogen (secondary N) is 1. The number of rotatable bonds is 7. The Morgan fingerprint density at radius 3 is 2.76 bits per heavy atom. The van der Waals surface area contributed by atoms with Gasteiger partial charge in [0.15, 0.2) is 5.96 Å². The van der Waals surface area contributed by atoms with Crippen LogP contribution in [0.25, 0.3) is 0 Å². The van der Waals surface area contributed by atoms with Gasteiger partial charge in [-0.1, -0.05) is 0 Å². The number of halogens is 1. The molecule has 1 aromatic heterocycles. The van der Waals surface area contributed by atoms with Crippen LogP contribution in [0.15, 0.2) is 10.4 Å². The van der Waals surface area contributed by atoms with Crippen molar-refractivity contribution >= 4 is 41.3 Å². The lowest BCUT2D eigenvalue weighted by Crippen LogP contribution is -2.43. The highest BCUT2D eigenvalue weighted by atomic mass is 127. The van der Waals surface area contributed by atoms with E-state index in [1.807, 2.05) is 14.0 Å². The normalized spacial score (nSPS) is 16.6. The van der Waals surface area contributed by atoms with Crippen LogP contribution < -0.4 is 5.32 Å². The zero-order valence-electron chi connectivity index (χ0n) is 15.8. The molecule has 0 saturated carbocycles. The molecule has 0 spiro atoms. The monoisotopic (exact) mass is 481 g/mol. The number of methoxy groups -OCH3 is 1. The first-order valence-corrected chi connectivity index (χ1v) is 9.54. The fraction of sp³-hybridized carbons (Fsp3) is 0.765. The topological polar surface area (TPSA) is 53.0 Å². The SMILES string of the molecule is CN=C(NCC1CCN(CCOC)CC1)N(C)Cc1csc(C)n1.I. The Bertz CT molecular complexity index is 517. The molecule has 25 heavy (non-hydrogen) atoms. The third-order valence-electron chi connectivity index (χ3n) is 4.51. The summed E-state index contributed by atoms with van der Waals surface area (Å²) in [5, 5.41) is 6.76. The van der Waals surface area contributed by atoms with E-state index in [1.165, 1.54) is 25.9 Å². The summed E-state index contributed by atoms with van der Waals surface area (Å²) in [7, 11) is 5.68. The van der Waals surface area contributed by atoms with Crippen molar-refractivity contribution in [2.75, 3.05) is 54.0 Å². The highest BCUT2D eigenvalue weighted by Crippen LogP contribution is 2.16. The molecule has 0 aliphatic carbocycles. The Kier molecular flexibility index (Phi) is 10.9. The van der Waals surface area contributed by atoms with Gasteiger partial charge in [-0.25, -0.2) is 4.98 Å². The molecule has 1 aliphatic heterocycles. The van der Waals surface area contributed by atoms with Gasteiger partial charge in [0.1, 0.15) is 0 Å². The van der Waals surface area contributed by atoms with E-state index >= 15 is 0 Å². The number of ether oxygens (including phenoxy) is 1. The van der Waals surface area contributed by atoms with E-state index in [1.54, 1.807) is 18.4 Å². The summed E-state index contributed by atoms with van der Waals surface area (Å²) in [5.74, 6) is 1.66. The molecule has 1 fully saturated rings. The van der Waals surface area contributed by atoms with Gasteiger partial charge in [-0.3, -0.25) is 4.99 Å². The largest absolute Gasteiger partial charge is 0.383 e. The summed E-state index contributed by atoms with van der Waals surface area (Å²) in [5.41, 5.74) is 1.11. The Morgan fingerprint density at radius 2 is 2.20 bits per heavy atom. The maximum atomic E-state index is 5.16. The van der Waals surface area contributed by atoms with Gasteiger partial charge in [0.05, 0.1) is 23.9 Å². The molecule has 0 aromatic carbocycles. The van der Waals surface area contributed by atoms with Crippen LogP contribution in [0.5, 0.6) is 0 Å². The first kappa shape index (κ1) is 22.6. The van der Waals surface area contributed by atoms with Crippen LogP contribution in [0.1, 0.15) is 23.5 Å². The van der Waals surface area contributed by atoms with Crippen LogP contribution in [0.2, 0.25) is 0 Å². The molecule has 6 nitrogen and oxygen atoms in total. The molecule has 0 bridgehead atoms. The Labute approximate surface area is 173 Å². The van der Waals surface area contributed by atoms with Crippen molar-refractivity contribution < 1.29 is 4.74 Å². The second-order valence-corrected chi connectivity index (χ2v) is 7.48. The van der Waals surface area contributed by atoms with E-state index in [4.69, 9.17) is 4.74 Å². The molecule has 1 saturated heterocycles. The number of guanidine groups is 1. The van der Waals surface area contributed by atoms with Crippen LogP contribution in [-0.2, 0) is 11.3 Å². The summed E-state index contributed by atoms with van der Waals surface area (Å²) >= 11 is 1.70. The summed E-state index contributed by atoms with van der Waals surface area (Å²) in [4.78, 5) is 13.6. The zero-order chi connectivity index (χ0) is 17.4. The predicted molar refractivity (Wildman–Crippen MR) is 116 cm³/mol. The minimum absolute atomic E-state index is 0. The fourth-order valence-corrected chi connectivity index (χ4v) is 3.66. The maximum Gasteiger partial charge on any atom is 0.193 e. The van der Waals surface area contributed by atoms with E-state index in [0.29, 0.717) is 0 Å². The van der Waals surface area contributed by atoms with Crippen molar-refractivity contribution in [2.24, 2.45) is 10.9 Å². The van der Waals surface area contributed by atoms with Crippen molar-refractivity contribution in [1.82, 2.24) is 20.1 Å². The van der Waals surface area contributed by atoms with Crippen LogP contribution >= 0.6 is 35.3 Å². The number of thiazole rings is 1. The van der Waals surface area contributed by atoms with Crippen LogP contribution in [0, 0.1) is 12.8 Å². The van der Waals surface area contributed by atoms with E-state index in [0.717, 1.165) is 48.8 Å². The molecule has 8 heteroatoms. The Hall–Kier alpha value is -0.450. The maximum absolute atomic E-state index is 5.16. The number of aryl methyl sites for hydroxylation is 1. The average Bonchev–Trinajstić information content (AvgIpc) is 2.99. The van der Waals surface area contributed by atoms with Crippen molar-refractivity contribution in [3.05, 3.63) is 16.1 Å². The number of piperidine rings is 1. The van der Waals surface area contributed by atoms with Crippen LogP contribution in [0.4, 0.5) is 0 Å². The fourth-order valence-electron chi connectivity index (χ4n) is 3.05. The molecule has 144 valence electrons. The van der Waals surface area contributed by atoms with Gasteiger partial charge in [-0.2, -0.15) is 0 Å². The predicted octanol–water partition coefficient (Wildman–Crippen LogP) is 2.44. The van der Waals surface area contributed by atoms with Crippen molar-refractivity contribution in [3.8, 4) is 0 Å². The third kappa shape index (κ3) is 7.76. The molecule has 0 unspecified atom stereocenters. The lowest BCUT2D eigenvalue weighted by Gasteiger charge is -2.32. The number of aliphatic imine (C=N–C) groups is 1. The highest BCUT2D eigenvalue weighted by Gasteiger charge is 2.19. The lowest BCUT2D eigenvalue weighted by atomic mass is 9.97. The number of likely N-dealkylation sites (tertiary alicyclic amines) is 1. The second-order valence-electron chi connectivity index (χ2n) is 6.42. The standard InChI is InChI=1S/C17H31N5OS.HI/c1-14-20-16(13-24-14)12-21(3)17(18-2)19-11-15-5-7-22(8-6-15)9-10-23-4;/h13,15H,5-12H2,1-4H3,(H,18,19);1H. The Balaban J connectivity index is 0.00000312. The van der Waals surface area contributed by atoms with Gasteiger partial charge in [0.2, 0.25) is 0 Å². The van der Waals surface area contributed by atoms with E-state index in [-0.39, 0.29) is 24.0 Å². The molecule has 2 rings (SSSR count). The summed E-state index contributed by atoms with van der Waals surface area (Å²) in [6.07, 6.45) is 2.48. The molecular weight excluding hydrogens is 449 g/mol. The van der Waals surface area contributed by atoms with Crippen molar-refractivity contribution in [2.45, 2.75) is 26.3 Å². The van der Waals surface area contributed by atoms with Gasteiger partial charge in [0.25, 0.3) is 0 Å². The zero-order valence-corrected chi connectivity index (χ0v) is 19.0. The van der Waals surface area contributed by atoms with Gasteiger partial charge in [0, 0.05) is 39.7 Å². The molecule has 0 amide bonds. The second kappa shape index (κ2) is 12.0. The number of hydrogen-bond donors (Lipinski definition) is 1. The molecule has 0 radical (unpaired) electrons. The number of nitrogens with zero attached hydrogens (tertiary/aromatic N) is 4. The van der Waals surface area contributed by atoms with Crippen LogP contribution in [0.3, 0.4) is 0 Å². The van der Waals surface area contributed by atoms with Gasteiger partial charge >= 0.3 is 0 Å².